The van der Waals surface area contributed by atoms with Gasteiger partial charge in [0.15, 0.2) is 5.76 Å². The highest BCUT2D eigenvalue weighted by Crippen LogP contribution is 2.42. The molecule has 2 N–H and O–H groups in total. The van der Waals surface area contributed by atoms with Crippen LogP contribution in [0, 0.1) is 17.3 Å². The van der Waals surface area contributed by atoms with Gasteiger partial charge in [0.2, 0.25) is 6.29 Å². The van der Waals surface area contributed by atoms with E-state index in [4.69, 9.17) is 9.47 Å². The number of aliphatic hydroxyl groups is 1. The fourth-order valence-corrected chi connectivity index (χ4v) is 4.20. The van der Waals surface area contributed by atoms with Gasteiger partial charge in [-0.1, -0.05) is 40.0 Å². The zero-order valence-electron chi connectivity index (χ0n) is 16.9. The molecule has 5 heteroatoms. The first-order valence-corrected chi connectivity index (χ1v) is 10.3. The van der Waals surface area contributed by atoms with Gasteiger partial charge in [-0.3, -0.25) is 4.79 Å². The first-order chi connectivity index (χ1) is 12.4. The predicted octanol–water partition coefficient (Wildman–Crippen LogP) is 3.76. The van der Waals surface area contributed by atoms with Gasteiger partial charge < -0.3 is 19.9 Å². The van der Waals surface area contributed by atoms with Crippen molar-refractivity contribution in [3.05, 3.63) is 11.8 Å². The molecular weight excluding hydrogens is 330 g/mol. The maximum atomic E-state index is 12.8. The van der Waals surface area contributed by atoms with E-state index < -0.39 is 6.29 Å². The van der Waals surface area contributed by atoms with Crippen LogP contribution < -0.4 is 5.32 Å². The average molecular weight is 368 g/mol. The van der Waals surface area contributed by atoms with Crippen LogP contribution in [0.15, 0.2) is 11.8 Å². The van der Waals surface area contributed by atoms with Gasteiger partial charge in [-0.05, 0) is 50.0 Å². The largest absolute Gasteiger partial charge is 0.459 e. The Morgan fingerprint density at radius 2 is 2.00 bits per heavy atom. The molecule has 0 aromatic carbocycles. The second-order valence-corrected chi connectivity index (χ2v) is 8.70. The molecule has 1 aliphatic carbocycles. The third kappa shape index (κ3) is 5.71. The molecule has 0 spiro atoms. The van der Waals surface area contributed by atoms with Gasteiger partial charge >= 0.3 is 0 Å². The molecule has 1 aliphatic heterocycles. The number of nitrogens with one attached hydrogen (secondary N) is 1. The van der Waals surface area contributed by atoms with Crippen LogP contribution >= 0.6 is 0 Å². The Labute approximate surface area is 158 Å². The van der Waals surface area contributed by atoms with E-state index in [1.807, 2.05) is 13.0 Å². The van der Waals surface area contributed by atoms with Crippen LogP contribution in [0.25, 0.3) is 0 Å². The summed E-state index contributed by atoms with van der Waals surface area (Å²) in [5, 5.41) is 12.4. The summed E-state index contributed by atoms with van der Waals surface area (Å²) in [7, 11) is 0. The quantitative estimate of drug-likeness (QED) is 0.719. The molecule has 1 saturated carbocycles. The number of aliphatic hydroxyl groups excluding tert-OH is 1. The maximum Gasteiger partial charge on any atom is 0.286 e. The monoisotopic (exact) mass is 367 g/mol. The molecule has 0 unspecified atom stereocenters. The lowest BCUT2D eigenvalue weighted by Crippen LogP contribution is -2.45. The third-order valence-corrected chi connectivity index (χ3v) is 5.58. The number of rotatable bonds is 7. The van der Waals surface area contributed by atoms with E-state index in [0.29, 0.717) is 18.8 Å². The highest BCUT2D eigenvalue weighted by molar-refractivity contribution is 5.91. The fraction of sp³-hybridized carbons (Fsp3) is 0.857. The molecule has 2 rings (SSSR count). The molecule has 0 bridgehead atoms. The van der Waals surface area contributed by atoms with Crippen molar-refractivity contribution in [3.8, 4) is 0 Å². The summed E-state index contributed by atoms with van der Waals surface area (Å²) in [5.74, 6) is 0.574. The van der Waals surface area contributed by atoms with Crippen molar-refractivity contribution in [2.24, 2.45) is 17.3 Å². The molecule has 0 radical (unpaired) electrons. The average Bonchev–Trinajstić information content (AvgIpc) is 2.60. The lowest BCUT2D eigenvalue weighted by molar-refractivity contribution is -0.179. The first kappa shape index (κ1) is 21.2. The van der Waals surface area contributed by atoms with Gasteiger partial charge in [0.1, 0.15) is 0 Å². The second-order valence-electron chi connectivity index (χ2n) is 8.70. The van der Waals surface area contributed by atoms with Crippen molar-refractivity contribution in [2.75, 3.05) is 13.2 Å². The molecule has 0 aromatic rings. The summed E-state index contributed by atoms with van der Waals surface area (Å²) in [4.78, 5) is 12.8. The molecule has 1 heterocycles. The Hall–Kier alpha value is -1.07. The van der Waals surface area contributed by atoms with E-state index in [-0.39, 0.29) is 35.8 Å². The summed E-state index contributed by atoms with van der Waals surface area (Å²) in [6, 6.07) is 0.256. The van der Waals surface area contributed by atoms with Crippen LogP contribution in [0.3, 0.4) is 0 Å². The van der Waals surface area contributed by atoms with Crippen LogP contribution in [-0.4, -0.2) is 36.6 Å². The van der Waals surface area contributed by atoms with Gasteiger partial charge in [-0.25, -0.2) is 0 Å². The molecule has 2 aliphatic rings. The van der Waals surface area contributed by atoms with Crippen LogP contribution in [0.1, 0.15) is 72.6 Å². The summed E-state index contributed by atoms with van der Waals surface area (Å²) >= 11 is 0. The minimum absolute atomic E-state index is 0.0182. The zero-order valence-corrected chi connectivity index (χ0v) is 16.9. The maximum absolute atomic E-state index is 12.8. The van der Waals surface area contributed by atoms with Crippen LogP contribution in [-0.2, 0) is 14.3 Å². The first-order valence-electron chi connectivity index (χ1n) is 10.3. The van der Waals surface area contributed by atoms with Gasteiger partial charge in [-0.15, -0.1) is 0 Å². The molecule has 1 fully saturated rings. The van der Waals surface area contributed by atoms with E-state index in [2.05, 4.69) is 26.1 Å². The highest BCUT2D eigenvalue weighted by atomic mass is 16.7. The lowest BCUT2D eigenvalue weighted by atomic mass is 9.70. The predicted molar refractivity (Wildman–Crippen MR) is 102 cm³/mol. The van der Waals surface area contributed by atoms with Crippen molar-refractivity contribution in [3.63, 3.8) is 0 Å². The van der Waals surface area contributed by atoms with Gasteiger partial charge in [0.25, 0.3) is 5.91 Å². The Morgan fingerprint density at radius 1 is 1.31 bits per heavy atom. The molecular formula is C21H37NO4. The highest BCUT2D eigenvalue weighted by Gasteiger charge is 2.42. The molecule has 150 valence electrons. The van der Waals surface area contributed by atoms with E-state index in [9.17, 15) is 9.90 Å². The Bertz CT molecular complexity index is 477. The Morgan fingerprint density at radius 3 is 2.58 bits per heavy atom. The molecule has 5 nitrogen and oxygen atoms in total. The summed E-state index contributed by atoms with van der Waals surface area (Å²) < 4.78 is 11.9. The van der Waals surface area contributed by atoms with Crippen molar-refractivity contribution in [1.29, 1.82) is 0 Å². The zero-order chi connectivity index (χ0) is 19.2. The second kappa shape index (κ2) is 9.75. The van der Waals surface area contributed by atoms with Gasteiger partial charge in [0.05, 0.1) is 0 Å². The number of amides is 1. The van der Waals surface area contributed by atoms with Crippen LogP contribution in [0.5, 0.6) is 0 Å². The van der Waals surface area contributed by atoms with Crippen LogP contribution in [0.2, 0.25) is 0 Å². The number of allylic oxidation sites excluding steroid dienone is 1. The number of hydrogen-bond donors (Lipinski definition) is 2. The van der Waals surface area contributed by atoms with E-state index in [1.54, 1.807) is 0 Å². The Kier molecular flexibility index (Phi) is 7.96. The van der Waals surface area contributed by atoms with Crippen molar-refractivity contribution >= 4 is 5.91 Å². The summed E-state index contributed by atoms with van der Waals surface area (Å²) in [5.41, 5.74) is -0.0182. The molecule has 0 saturated heterocycles. The van der Waals surface area contributed by atoms with Crippen molar-refractivity contribution < 1.29 is 19.4 Å². The molecule has 26 heavy (non-hydrogen) atoms. The SMILES string of the molecule is CCO[C@@H]1OC(C(=O)NC2CCCCC2)=C[C@H](C(C)(C)C)[C@H]1CCCO. The van der Waals surface area contributed by atoms with E-state index in [0.717, 1.165) is 19.3 Å². The molecule has 0 aromatic heterocycles. The molecule has 3 atom stereocenters. The summed E-state index contributed by atoms with van der Waals surface area (Å²) in [6.45, 7) is 9.19. The lowest BCUT2D eigenvalue weighted by Gasteiger charge is -2.42. The smallest absolute Gasteiger partial charge is 0.286 e. The van der Waals surface area contributed by atoms with Crippen molar-refractivity contribution in [2.45, 2.75) is 85.0 Å². The standard InChI is InChI=1S/C21H37NO4/c1-5-25-20-16(12-9-13-23)17(21(2,3)4)14-18(26-20)19(24)22-15-10-7-6-8-11-15/h14-17,20,23H,5-13H2,1-4H3,(H,22,24)/t16-,17+,20-/m1/s1. The van der Waals surface area contributed by atoms with Crippen LogP contribution in [0.4, 0.5) is 0 Å². The van der Waals surface area contributed by atoms with Gasteiger partial charge in [-0.2, -0.15) is 0 Å². The summed E-state index contributed by atoms with van der Waals surface area (Å²) in [6.07, 6.45) is 8.81. The fourth-order valence-electron chi connectivity index (χ4n) is 4.20. The number of carbonyl (C=O) groups is 1. The molecule has 1 amide bonds. The van der Waals surface area contributed by atoms with Gasteiger partial charge in [0, 0.05) is 25.2 Å². The van der Waals surface area contributed by atoms with Crippen molar-refractivity contribution in [1.82, 2.24) is 5.32 Å². The number of carbonyl (C=O) groups excluding carboxylic acids is 1. The normalized spacial score (nSPS) is 27.6. The van der Waals surface area contributed by atoms with E-state index in [1.165, 1.54) is 19.3 Å². The Balaban J connectivity index is 2.18. The minimum atomic E-state index is -0.437. The minimum Gasteiger partial charge on any atom is -0.459 e. The van der Waals surface area contributed by atoms with E-state index >= 15 is 0 Å². The topological polar surface area (TPSA) is 67.8 Å². The number of ether oxygens (including phenoxy) is 2. The third-order valence-electron chi connectivity index (χ3n) is 5.58. The number of hydrogen-bond acceptors (Lipinski definition) is 4.